The Morgan fingerprint density at radius 2 is 2.11 bits per heavy atom. The lowest BCUT2D eigenvalue weighted by Crippen LogP contribution is -2.24. The summed E-state index contributed by atoms with van der Waals surface area (Å²) < 4.78 is 3.19. The van der Waals surface area contributed by atoms with Gasteiger partial charge in [0.15, 0.2) is 0 Å². The summed E-state index contributed by atoms with van der Waals surface area (Å²) in [6.07, 6.45) is 5.78. The molecular weight excluding hydrogens is 246 g/mol. The molecule has 2 rings (SSSR count). The third kappa shape index (κ3) is 2.90. The van der Waals surface area contributed by atoms with Crippen LogP contribution in [-0.2, 0) is 13.1 Å². The second-order valence-electron chi connectivity index (χ2n) is 4.26. The maximum absolute atomic E-state index is 12.0. The number of pyridine rings is 1. The molecule has 2 aromatic heterocycles. The Kier molecular flexibility index (Phi) is 3.79. The highest BCUT2D eigenvalue weighted by Crippen LogP contribution is 2.04. The first kappa shape index (κ1) is 13.1. The number of carboxylic acids is 1. The van der Waals surface area contributed by atoms with Crippen molar-refractivity contribution >= 4 is 5.97 Å². The van der Waals surface area contributed by atoms with E-state index in [4.69, 9.17) is 5.11 Å². The van der Waals surface area contributed by atoms with Gasteiger partial charge in [-0.05, 0) is 24.1 Å². The number of carbonyl (C=O) groups is 1. The number of hydrogen-bond donors (Lipinski definition) is 1. The van der Waals surface area contributed by atoms with Crippen molar-refractivity contribution < 1.29 is 9.90 Å². The van der Waals surface area contributed by atoms with Crippen molar-refractivity contribution in [2.45, 2.75) is 26.4 Å². The van der Waals surface area contributed by atoms with Crippen LogP contribution in [0.5, 0.6) is 0 Å². The molecule has 100 valence electrons. The first-order chi connectivity index (χ1) is 9.11. The van der Waals surface area contributed by atoms with E-state index in [1.54, 1.807) is 27.6 Å². The molecule has 0 unspecified atom stereocenters. The number of imidazole rings is 1. The van der Waals surface area contributed by atoms with E-state index >= 15 is 0 Å². The number of aromatic carboxylic acids is 1. The van der Waals surface area contributed by atoms with Crippen LogP contribution in [0.1, 0.15) is 29.4 Å². The summed E-state index contributed by atoms with van der Waals surface area (Å²) in [5.41, 5.74) is 0.637. The van der Waals surface area contributed by atoms with Crippen LogP contribution in [0.3, 0.4) is 0 Å². The first-order valence-electron chi connectivity index (χ1n) is 6.05. The maximum atomic E-state index is 12.0. The molecule has 0 saturated heterocycles. The zero-order valence-corrected chi connectivity index (χ0v) is 10.6. The normalized spacial score (nSPS) is 10.6. The van der Waals surface area contributed by atoms with Gasteiger partial charge in [0.25, 0.3) is 0 Å². The Balaban J connectivity index is 2.24. The van der Waals surface area contributed by atoms with Gasteiger partial charge in [-0.1, -0.05) is 6.92 Å². The average Bonchev–Trinajstić information content (AvgIpc) is 2.72. The highest BCUT2D eigenvalue weighted by Gasteiger charge is 2.07. The van der Waals surface area contributed by atoms with Gasteiger partial charge in [-0.15, -0.1) is 0 Å². The number of rotatable bonds is 5. The van der Waals surface area contributed by atoms with Crippen LogP contribution >= 0.6 is 0 Å². The second-order valence-corrected chi connectivity index (χ2v) is 4.26. The minimum Gasteiger partial charge on any atom is -0.477 e. The molecule has 0 saturated carbocycles. The van der Waals surface area contributed by atoms with E-state index < -0.39 is 5.97 Å². The molecule has 2 aromatic rings. The third-order valence-corrected chi connectivity index (χ3v) is 2.78. The van der Waals surface area contributed by atoms with Crippen LogP contribution in [0.15, 0.2) is 35.5 Å². The van der Waals surface area contributed by atoms with E-state index in [2.05, 4.69) is 4.98 Å². The Morgan fingerprint density at radius 3 is 2.79 bits per heavy atom. The van der Waals surface area contributed by atoms with Gasteiger partial charge in [0.2, 0.25) is 0 Å². The fourth-order valence-electron chi connectivity index (χ4n) is 1.87. The van der Waals surface area contributed by atoms with Gasteiger partial charge < -0.3 is 5.11 Å². The van der Waals surface area contributed by atoms with Gasteiger partial charge >= 0.3 is 11.7 Å². The Labute approximate surface area is 109 Å². The molecule has 0 radical (unpaired) electrons. The van der Waals surface area contributed by atoms with E-state index in [1.807, 2.05) is 6.92 Å². The fourth-order valence-corrected chi connectivity index (χ4v) is 1.87. The Morgan fingerprint density at radius 1 is 1.37 bits per heavy atom. The van der Waals surface area contributed by atoms with Crippen molar-refractivity contribution in [3.63, 3.8) is 0 Å². The zero-order chi connectivity index (χ0) is 13.8. The number of carboxylic acid groups (broad SMARTS) is 1. The van der Waals surface area contributed by atoms with Crippen LogP contribution in [0, 0.1) is 0 Å². The van der Waals surface area contributed by atoms with E-state index in [0.29, 0.717) is 13.1 Å². The molecule has 0 aliphatic heterocycles. The highest BCUT2D eigenvalue weighted by molar-refractivity contribution is 5.85. The van der Waals surface area contributed by atoms with Crippen LogP contribution in [-0.4, -0.2) is 25.2 Å². The SMILES string of the molecule is CCCn1ccn(Cc2ccnc(C(=O)O)c2)c1=O. The number of nitrogens with zero attached hydrogens (tertiary/aromatic N) is 3. The fraction of sp³-hybridized carbons (Fsp3) is 0.308. The van der Waals surface area contributed by atoms with E-state index in [-0.39, 0.29) is 11.4 Å². The Bertz CT molecular complexity index is 643. The molecular formula is C13H15N3O3. The Hall–Kier alpha value is -2.37. The second kappa shape index (κ2) is 5.51. The van der Waals surface area contributed by atoms with Gasteiger partial charge in [-0.25, -0.2) is 14.6 Å². The molecule has 1 N–H and O–H groups in total. The van der Waals surface area contributed by atoms with Crippen LogP contribution in [0.4, 0.5) is 0 Å². The van der Waals surface area contributed by atoms with Crippen molar-refractivity contribution in [1.82, 2.24) is 14.1 Å². The van der Waals surface area contributed by atoms with E-state index in [9.17, 15) is 9.59 Å². The van der Waals surface area contributed by atoms with Crippen LogP contribution < -0.4 is 5.69 Å². The lowest BCUT2D eigenvalue weighted by molar-refractivity contribution is 0.0690. The molecule has 0 spiro atoms. The smallest absolute Gasteiger partial charge is 0.354 e. The number of aromatic nitrogens is 3. The molecule has 2 heterocycles. The highest BCUT2D eigenvalue weighted by atomic mass is 16.4. The van der Waals surface area contributed by atoms with Crippen molar-refractivity contribution in [3.8, 4) is 0 Å². The quantitative estimate of drug-likeness (QED) is 0.877. The summed E-state index contributed by atoms with van der Waals surface area (Å²) in [6, 6.07) is 3.18. The topological polar surface area (TPSA) is 77.1 Å². The van der Waals surface area contributed by atoms with Gasteiger partial charge in [0, 0.05) is 25.1 Å². The molecule has 0 fully saturated rings. The van der Waals surface area contributed by atoms with Crippen molar-refractivity contribution in [3.05, 3.63) is 52.5 Å². The molecule has 6 heteroatoms. The van der Waals surface area contributed by atoms with E-state index in [1.165, 1.54) is 12.3 Å². The summed E-state index contributed by atoms with van der Waals surface area (Å²) in [6.45, 7) is 3.03. The molecule has 19 heavy (non-hydrogen) atoms. The zero-order valence-electron chi connectivity index (χ0n) is 10.6. The van der Waals surface area contributed by atoms with Gasteiger partial charge in [-0.3, -0.25) is 9.13 Å². The molecule has 0 atom stereocenters. The van der Waals surface area contributed by atoms with Gasteiger partial charge in [-0.2, -0.15) is 0 Å². The van der Waals surface area contributed by atoms with Crippen molar-refractivity contribution in [2.75, 3.05) is 0 Å². The predicted octanol–water partition coefficient (Wildman–Crippen LogP) is 1.20. The predicted molar refractivity (Wildman–Crippen MR) is 69.3 cm³/mol. The molecule has 0 aliphatic carbocycles. The molecule has 6 nitrogen and oxygen atoms in total. The summed E-state index contributed by atoms with van der Waals surface area (Å²) in [5, 5.41) is 8.87. The van der Waals surface area contributed by atoms with Crippen molar-refractivity contribution in [2.24, 2.45) is 0 Å². The number of hydrogen-bond acceptors (Lipinski definition) is 3. The third-order valence-electron chi connectivity index (χ3n) is 2.78. The summed E-state index contributed by atoms with van der Waals surface area (Å²) >= 11 is 0. The minimum absolute atomic E-state index is 0.0152. The summed E-state index contributed by atoms with van der Waals surface area (Å²) in [4.78, 5) is 26.5. The average molecular weight is 261 g/mol. The molecule has 0 bridgehead atoms. The van der Waals surface area contributed by atoms with Crippen molar-refractivity contribution in [1.29, 1.82) is 0 Å². The summed E-state index contributed by atoms with van der Waals surface area (Å²) in [7, 11) is 0. The van der Waals surface area contributed by atoms with Crippen LogP contribution in [0.2, 0.25) is 0 Å². The molecule has 0 aromatic carbocycles. The monoisotopic (exact) mass is 261 g/mol. The lowest BCUT2D eigenvalue weighted by atomic mass is 10.2. The molecule has 0 aliphatic rings. The van der Waals surface area contributed by atoms with E-state index in [0.717, 1.165) is 12.0 Å². The van der Waals surface area contributed by atoms with Gasteiger partial charge in [0.05, 0.1) is 6.54 Å². The number of aryl methyl sites for hydroxylation is 1. The largest absolute Gasteiger partial charge is 0.477 e. The minimum atomic E-state index is -1.07. The summed E-state index contributed by atoms with van der Waals surface area (Å²) in [5.74, 6) is -1.07. The molecule has 0 amide bonds. The maximum Gasteiger partial charge on any atom is 0.354 e. The van der Waals surface area contributed by atoms with Crippen LogP contribution in [0.25, 0.3) is 0 Å². The standard InChI is InChI=1S/C13H15N3O3/c1-2-5-15-6-7-16(13(15)19)9-10-3-4-14-11(8-10)12(17)18/h3-4,6-8H,2,5,9H2,1H3,(H,17,18). The van der Waals surface area contributed by atoms with Gasteiger partial charge in [0.1, 0.15) is 5.69 Å². The first-order valence-corrected chi connectivity index (χ1v) is 6.05. The lowest BCUT2D eigenvalue weighted by Gasteiger charge is -2.03.